The first kappa shape index (κ1) is 28.6. The van der Waals surface area contributed by atoms with Crippen LogP contribution in [0.25, 0.3) is 0 Å². The van der Waals surface area contributed by atoms with Crippen LogP contribution in [0.3, 0.4) is 0 Å². The first-order chi connectivity index (χ1) is 15.0. The normalized spacial score (nSPS) is 20.8. The third kappa shape index (κ3) is 16.8. The molecule has 3 heteroatoms. The van der Waals surface area contributed by atoms with Crippen molar-refractivity contribution in [3.05, 3.63) is 0 Å². The predicted octanol–water partition coefficient (Wildman–Crippen LogP) is 9.77. The molecule has 0 amide bonds. The lowest BCUT2D eigenvalue weighted by atomic mass is 9.88. The Morgan fingerprint density at radius 3 is 1.61 bits per heavy atom. The van der Waals surface area contributed by atoms with Crippen LogP contribution in [0.15, 0.2) is 10.2 Å². The van der Waals surface area contributed by atoms with Crippen molar-refractivity contribution in [3.63, 3.8) is 0 Å². The lowest BCUT2D eigenvalue weighted by Crippen LogP contribution is -2.22. The quantitative estimate of drug-likeness (QED) is 0.214. The molecule has 0 heterocycles. The minimum absolute atomic E-state index is 0.238. The maximum absolute atomic E-state index is 10.7. The minimum atomic E-state index is -0.986. The van der Waals surface area contributed by atoms with E-state index in [1.54, 1.807) is 0 Å². The van der Waals surface area contributed by atoms with Gasteiger partial charge in [0.25, 0.3) is 0 Å². The molecule has 3 nitrogen and oxygen atoms in total. The summed E-state index contributed by atoms with van der Waals surface area (Å²) in [5, 5.41) is 19.7. The number of hydrogen-bond acceptors (Lipinski definition) is 3. The zero-order chi connectivity index (χ0) is 22.6. The second-order valence-electron chi connectivity index (χ2n) is 10.6. The Morgan fingerprint density at radius 2 is 1.13 bits per heavy atom. The Bertz CT molecular complexity index is 409. The van der Waals surface area contributed by atoms with Crippen molar-refractivity contribution < 1.29 is 5.11 Å². The van der Waals surface area contributed by atoms with Gasteiger partial charge in [0.2, 0.25) is 0 Å². The van der Waals surface area contributed by atoms with Gasteiger partial charge in [0, 0.05) is 0 Å². The van der Waals surface area contributed by atoms with Crippen LogP contribution in [0.2, 0.25) is 0 Å². The molecule has 1 aliphatic rings. The Kier molecular flexibility index (Phi) is 17.6. The molecule has 1 rings (SSSR count). The van der Waals surface area contributed by atoms with Crippen molar-refractivity contribution in [1.29, 1.82) is 0 Å². The van der Waals surface area contributed by atoms with E-state index in [0.29, 0.717) is 5.92 Å². The average molecular weight is 437 g/mol. The first-order valence-electron chi connectivity index (χ1n) is 14.2. The van der Waals surface area contributed by atoms with E-state index in [2.05, 4.69) is 24.1 Å². The minimum Gasteiger partial charge on any atom is -0.368 e. The third-order valence-corrected chi connectivity index (χ3v) is 7.29. The number of rotatable bonds is 14. The molecule has 0 aromatic rings. The van der Waals surface area contributed by atoms with E-state index in [1.165, 1.54) is 128 Å². The van der Waals surface area contributed by atoms with Gasteiger partial charge in [-0.3, -0.25) is 0 Å². The number of azo groups is 1. The van der Waals surface area contributed by atoms with E-state index in [1.807, 2.05) is 6.92 Å². The molecule has 2 unspecified atom stereocenters. The lowest BCUT2D eigenvalue weighted by Gasteiger charge is -2.23. The van der Waals surface area contributed by atoms with Crippen LogP contribution in [-0.2, 0) is 0 Å². The Morgan fingerprint density at radius 1 is 0.710 bits per heavy atom. The van der Waals surface area contributed by atoms with E-state index < -0.39 is 5.72 Å². The van der Waals surface area contributed by atoms with Gasteiger partial charge in [0.15, 0.2) is 5.72 Å². The first-order valence-corrected chi connectivity index (χ1v) is 14.2. The molecule has 1 saturated carbocycles. The van der Waals surface area contributed by atoms with E-state index in [0.717, 1.165) is 12.8 Å². The molecule has 31 heavy (non-hydrogen) atoms. The number of nitrogens with zero attached hydrogens (tertiary/aromatic N) is 2. The van der Waals surface area contributed by atoms with E-state index in [4.69, 9.17) is 0 Å². The van der Waals surface area contributed by atoms with Gasteiger partial charge in [0.05, 0.1) is 6.04 Å². The van der Waals surface area contributed by atoms with Gasteiger partial charge in [-0.15, -0.1) is 0 Å². The molecule has 0 radical (unpaired) electrons. The Balaban J connectivity index is 2.23. The summed E-state index contributed by atoms with van der Waals surface area (Å²) in [6.45, 7) is 6.34. The van der Waals surface area contributed by atoms with Crippen molar-refractivity contribution in [3.8, 4) is 0 Å². The second-order valence-corrected chi connectivity index (χ2v) is 10.6. The molecule has 184 valence electrons. The van der Waals surface area contributed by atoms with Crippen LogP contribution in [0, 0.1) is 5.92 Å². The highest BCUT2D eigenvalue weighted by molar-refractivity contribution is 4.74. The second kappa shape index (κ2) is 19.1. The molecule has 1 aliphatic carbocycles. The molecule has 2 atom stereocenters. The average Bonchev–Trinajstić information content (AvgIpc) is 2.74. The highest BCUT2D eigenvalue weighted by Gasteiger charge is 2.21. The van der Waals surface area contributed by atoms with E-state index >= 15 is 0 Å². The molecule has 1 fully saturated rings. The predicted molar refractivity (Wildman–Crippen MR) is 136 cm³/mol. The smallest absolute Gasteiger partial charge is 0.173 e. The van der Waals surface area contributed by atoms with Crippen LogP contribution in [0.4, 0.5) is 0 Å². The fraction of sp³-hybridized carbons (Fsp3) is 1.00. The van der Waals surface area contributed by atoms with Gasteiger partial charge in [-0.25, -0.2) is 0 Å². The van der Waals surface area contributed by atoms with Crippen LogP contribution in [0.5, 0.6) is 0 Å². The molecule has 0 spiro atoms. The summed E-state index contributed by atoms with van der Waals surface area (Å²) in [6, 6.07) is 0.238. The van der Waals surface area contributed by atoms with Crippen LogP contribution in [0.1, 0.15) is 162 Å². The summed E-state index contributed by atoms with van der Waals surface area (Å²) < 4.78 is 0. The number of unbranched alkanes of at least 4 members (excludes halogenated alkanes) is 9. The fourth-order valence-electron chi connectivity index (χ4n) is 4.98. The zero-order valence-corrected chi connectivity index (χ0v) is 21.6. The van der Waals surface area contributed by atoms with Gasteiger partial charge in [-0.05, 0) is 45.4 Å². The van der Waals surface area contributed by atoms with Crippen molar-refractivity contribution in [1.82, 2.24) is 0 Å². The summed E-state index contributed by atoms with van der Waals surface area (Å²) in [7, 11) is 0. The van der Waals surface area contributed by atoms with Gasteiger partial charge in [0.1, 0.15) is 0 Å². The lowest BCUT2D eigenvalue weighted by molar-refractivity contribution is 0.0472. The molecule has 0 aromatic carbocycles. The van der Waals surface area contributed by atoms with Gasteiger partial charge in [-0.1, -0.05) is 122 Å². The Labute approximate surface area is 195 Å². The molecular weight excluding hydrogens is 380 g/mol. The largest absolute Gasteiger partial charge is 0.368 e. The van der Waals surface area contributed by atoms with Crippen molar-refractivity contribution in [2.75, 3.05) is 0 Å². The van der Waals surface area contributed by atoms with Crippen molar-refractivity contribution in [2.45, 2.75) is 174 Å². The topological polar surface area (TPSA) is 45.0 Å². The number of aliphatic hydroxyl groups is 1. The highest BCUT2D eigenvalue weighted by Crippen LogP contribution is 2.26. The van der Waals surface area contributed by atoms with Gasteiger partial charge >= 0.3 is 0 Å². The van der Waals surface area contributed by atoms with Crippen molar-refractivity contribution in [2.24, 2.45) is 16.1 Å². The maximum Gasteiger partial charge on any atom is 0.173 e. The monoisotopic (exact) mass is 436 g/mol. The third-order valence-electron chi connectivity index (χ3n) is 7.29. The van der Waals surface area contributed by atoms with Crippen LogP contribution in [-0.4, -0.2) is 16.9 Å². The van der Waals surface area contributed by atoms with E-state index in [9.17, 15) is 5.11 Å². The molecule has 0 saturated heterocycles. The highest BCUT2D eigenvalue weighted by atomic mass is 16.3. The summed E-state index contributed by atoms with van der Waals surface area (Å²) >= 11 is 0. The molecule has 0 aromatic heterocycles. The standard InChI is InChI=1S/C28H56N2O/c1-4-5-6-7-8-9-13-16-19-22-25-28(3,31)30-29-26(2)27-23-20-17-14-11-10-12-15-18-21-24-27/h26-27,31H,4-25H2,1-3H3. The van der Waals surface area contributed by atoms with Gasteiger partial charge < -0.3 is 5.11 Å². The van der Waals surface area contributed by atoms with E-state index in [-0.39, 0.29) is 6.04 Å². The summed E-state index contributed by atoms with van der Waals surface area (Å²) in [6.07, 6.45) is 29.0. The van der Waals surface area contributed by atoms with Crippen LogP contribution < -0.4 is 0 Å². The SMILES string of the molecule is CCCCCCCCCCCCC(C)(O)N=NC(C)C1CCCCCCCCCCC1. The Hall–Kier alpha value is -0.440. The summed E-state index contributed by atoms with van der Waals surface area (Å²) in [5.41, 5.74) is -0.986. The van der Waals surface area contributed by atoms with Crippen molar-refractivity contribution >= 4 is 0 Å². The molecule has 0 bridgehead atoms. The molecular formula is C28H56N2O. The number of hydrogen-bond donors (Lipinski definition) is 1. The summed E-state index contributed by atoms with van der Waals surface area (Å²) in [5.74, 6) is 0.635. The maximum atomic E-state index is 10.7. The van der Waals surface area contributed by atoms with Crippen LogP contribution >= 0.6 is 0 Å². The fourth-order valence-corrected chi connectivity index (χ4v) is 4.98. The van der Waals surface area contributed by atoms with Gasteiger partial charge in [-0.2, -0.15) is 10.2 Å². The zero-order valence-electron chi connectivity index (χ0n) is 21.6. The molecule has 0 aliphatic heterocycles. The molecule has 1 N–H and O–H groups in total. The summed E-state index contributed by atoms with van der Waals surface area (Å²) in [4.78, 5) is 0.